The largest absolute Gasteiger partial charge is 0.497 e. The zero-order valence-electron chi connectivity index (χ0n) is 15.3. The lowest BCUT2D eigenvalue weighted by atomic mass is 9.69. The molecule has 0 spiro atoms. The van der Waals surface area contributed by atoms with Gasteiger partial charge >= 0.3 is 0 Å². The van der Waals surface area contributed by atoms with Crippen LogP contribution in [0.5, 0.6) is 5.75 Å². The molecule has 1 aliphatic rings. The monoisotopic (exact) mass is 370 g/mol. The molecule has 0 radical (unpaired) electrons. The SMILES string of the molecule is COCCNCC(=O)NCC1(c2ccc(OC)cc2)CCCCC1.Cl. The summed E-state index contributed by atoms with van der Waals surface area (Å²) in [4.78, 5) is 12.1. The van der Waals surface area contributed by atoms with Crippen LogP contribution in [0.2, 0.25) is 0 Å². The van der Waals surface area contributed by atoms with Crippen LogP contribution in [0.3, 0.4) is 0 Å². The van der Waals surface area contributed by atoms with E-state index in [0.717, 1.165) is 18.6 Å². The Balaban J connectivity index is 0.00000312. The number of nitrogens with one attached hydrogen (secondary N) is 2. The molecule has 25 heavy (non-hydrogen) atoms. The normalized spacial score (nSPS) is 15.9. The summed E-state index contributed by atoms with van der Waals surface area (Å²) in [5, 5.41) is 6.21. The van der Waals surface area contributed by atoms with Gasteiger partial charge in [0.05, 0.1) is 20.3 Å². The quantitative estimate of drug-likeness (QED) is 0.656. The molecule has 0 saturated heterocycles. The third-order valence-corrected chi connectivity index (χ3v) is 4.91. The molecule has 1 saturated carbocycles. The van der Waals surface area contributed by atoms with Crippen molar-refractivity contribution in [1.82, 2.24) is 10.6 Å². The average molecular weight is 371 g/mol. The Morgan fingerprint density at radius 3 is 2.40 bits per heavy atom. The first-order valence-electron chi connectivity index (χ1n) is 8.81. The molecule has 0 aromatic heterocycles. The van der Waals surface area contributed by atoms with Crippen LogP contribution in [-0.4, -0.2) is 46.4 Å². The molecule has 1 aliphatic carbocycles. The number of hydrogen-bond acceptors (Lipinski definition) is 4. The van der Waals surface area contributed by atoms with Crippen LogP contribution in [0.25, 0.3) is 0 Å². The standard InChI is InChI=1S/C19H30N2O3.ClH/c1-23-13-12-20-14-18(22)21-15-19(10-4-3-5-11-19)16-6-8-17(24-2)9-7-16;/h6-9,20H,3-5,10-15H2,1-2H3,(H,21,22);1H. The number of carbonyl (C=O) groups excluding carboxylic acids is 1. The van der Waals surface area contributed by atoms with Crippen molar-refractivity contribution >= 4 is 18.3 Å². The van der Waals surface area contributed by atoms with Crippen molar-refractivity contribution in [3.8, 4) is 5.75 Å². The fourth-order valence-electron chi connectivity index (χ4n) is 3.45. The second-order valence-corrected chi connectivity index (χ2v) is 6.52. The molecular formula is C19H31ClN2O3. The molecule has 142 valence electrons. The second-order valence-electron chi connectivity index (χ2n) is 6.52. The number of methoxy groups -OCH3 is 2. The molecule has 6 heteroatoms. The third-order valence-electron chi connectivity index (χ3n) is 4.91. The van der Waals surface area contributed by atoms with Crippen LogP contribution in [-0.2, 0) is 14.9 Å². The van der Waals surface area contributed by atoms with E-state index in [2.05, 4.69) is 22.8 Å². The summed E-state index contributed by atoms with van der Waals surface area (Å²) < 4.78 is 10.2. The minimum atomic E-state index is 0. The number of halogens is 1. The first-order valence-corrected chi connectivity index (χ1v) is 8.81. The van der Waals surface area contributed by atoms with E-state index in [1.54, 1.807) is 14.2 Å². The highest BCUT2D eigenvalue weighted by Gasteiger charge is 2.34. The summed E-state index contributed by atoms with van der Waals surface area (Å²) in [7, 11) is 3.34. The highest BCUT2D eigenvalue weighted by Crippen LogP contribution is 2.39. The van der Waals surface area contributed by atoms with Crippen LogP contribution >= 0.6 is 12.4 Å². The number of amides is 1. The van der Waals surface area contributed by atoms with Crippen molar-refractivity contribution in [2.24, 2.45) is 0 Å². The summed E-state index contributed by atoms with van der Waals surface area (Å²) >= 11 is 0. The molecule has 1 fully saturated rings. The molecule has 0 atom stereocenters. The van der Waals surface area contributed by atoms with Gasteiger partial charge in [-0.15, -0.1) is 12.4 Å². The predicted octanol–water partition coefficient (Wildman–Crippen LogP) is 2.67. The molecule has 0 unspecified atom stereocenters. The number of carbonyl (C=O) groups is 1. The van der Waals surface area contributed by atoms with Crippen molar-refractivity contribution in [2.75, 3.05) is 40.5 Å². The van der Waals surface area contributed by atoms with Crippen molar-refractivity contribution < 1.29 is 14.3 Å². The summed E-state index contributed by atoms with van der Waals surface area (Å²) in [6.45, 7) is 2.34. The van der Waals surface area contributed by atoms with E-state index in [4.69, 9.17) is 9.47 Å². The Bertz CT molecular complexity index is 502. The highest BCUT2D eigenvalue weighted by atomic mass is 35.5. The lowest BCUT2D eigenvalue weighted by Crippen LogP contribution is -2.45. The first-order chi connectivity index (χ1) is 11.7. The van der Waals surface area contributed by atoms with Gasteiger partial charge in [-0.1, -0.05) is 31.4 Å². The van der Waals surface area contributed by atoms with Crippen LogP contribution in [0, 0.1) is 0 Å². The third kappa shape index (κ3) is 6.49. The Morgan fingerprint density at radius 1 is 1.12 bits per heavy atom. The molecule has 1 aromatic rings. The highest BCUT2D eigenvalue weighted by molar-refractivity contribution is 5.85. The topological polar surface area (TPSA) is 59.6 Å². The lowest BCUT2D eigenvalue weighted by molar-refractivity contribution is -0.120. The maximum Gasteiger partial charge on any atom is 0.233 e. The average Bonchev–Trinajstić information content (AvgIpc) is 2.64. The first kappa shape index (κ1) is 21.7. The van der Waals surface area contributed by atoms with Crippen LogP contribution < -0.4 is 15.4 Å². The summed E-state index contributed by atoms with van der Waals surface area (Å²) in [6, 6.07) is 8.32. The minimum Gasteiger partial charge on any atom is -0.497 e. The maximum absolute atomic E-state index is 12.1. The molecule has 2 rings (SSSR count). The van der Waals surface area contributed by atoms with Gasteiger partial charge in [0, 0.05) is 25.6 Å². The second kappa shape index (κ2) is 11.3. The van der Waals surface area contributed by atoms with Crippen molar-refractivity contribution in [3.63, 3.8) is 0 Å². The van der Waals surface area contributed by atoms with E-state index in [9.17, 15) is 4.79 Å². The van der Waals surface area contributed by atoms with Crippen molar-refractivity contribution in [3.05, 3.63) is 29.8 Å². The Morgan fingerprint density at radius 2 is 1.80 bits per heavy atom. The van der Waals surface area contributed by atoms with Gasteiger partial charge in [-0.25, -0.2) is 0 Å². The van der Waals surface area contributed by atoms with Gasteiger partial charge in [0.2, 0.25) is 5.91 Å². The van der Waals surface area contributed by atoms with E-state index in [-0.39, 0.29) is 23.7 Å². The molecule has 1 amide bonds. The summed E-state index contributed by atoms with van der Waals surface area (Å²) in [5.74, 6) is 0.917. The van der Waals surface area contributed by atoms with Crippen molar-refractivity contribution in [2.45, 2.75) is 37.5 Å². The maximum atomic E-state index is 12.1. The fraction of sp³-hybridized carbons (Fsp3) is 0.632. The number of rotatable bonds is 9. The van der Waals surface area contributed by atoms with Gasteiger partial charge in [0.15, 0.2) is 0 Å². The predicted molar refractivity (Wildman–Crippen MR) is 103 cm³/mol. The van der Waals surface area contributed by atoms with E-state index in [1.165, 1.54) is 24.8 Å². The van der Waals surface area contributed by atoms with E-state index in [0.29, 0.717) is 26.2 Å². The summed E-state index contributed by atoms with van der Waals surface area (Å²) in [5.41, 5.74) is 1.35. The minimum absolute atomic E-state index is 0. The zero-order valence-corrected chi connectivity index (χ0v) is 16.1. The van der Waals surface area contributed by atoms with E-state index >= 15 is 0 Å². The molecule has 0 bridgehead atoms. The van der Waals surface area contributed by atoms with E-state index < -0.39 is 0 Å². The number of hydrogen-bond donors (Lipinski definition) is 2. The Hall–Kier alpha value is -1.30. The Labute approximate surface area is 157 Å². The van der Waals surface area contributed by atoms with Gasteiger partial charge in [0.1, 0.15) is 5.75 Å². The van der Waals surface area contributed by atoms with Gasteiger partial charge < -0.3 is 20.1 Å². The van der Waals surface area contributed by atoms with E-state index in [1.807, 2.05) is 12.1 Å². The molecule has 0 heterocycles. The number of benzene rings is 1. The van der Waals surface area contributed by atoms with Gasteiger partial charge in [-0.3, -0.25) is 4.79 Å². The van der Waals surface area contributed by atoms with Crippen molar-refractivity contribution in [1.29, 1.82) is 0 Å². The van der Waals surface area contributed by atoms with Gasteiger partial charge in [-0.2, -0.15) is 0 Å². The lowest BCUT2D eigenvalue weighted by Gasteiger charge is -2.38. The fourth-order valence-corrected chi connectivity index (χ4v) is 3.45. The van der Waals surface area contributed by atoms with Crippen LogP contribution in [0.4, 0.5) is 0 Å². The molecule has 5 nitrogen and oxygen atoms in total. The van der Waals surface area contributed by atoms with Gasteiger partial charge in [0.25, 0.3) is 0 Å². The smallest absolute Gasteiger partial charge is 0.233 e. The zero-order chi connectivity index (χ0) is 17.3. The Kier molecular flexibility index (Phi) is 9.86. The summed E-state index contributed by atoms with van der Waals surface area (Å²) in [6.07, 6.45) is 5.96. The van der Waals surface area contributed by atoms with Crippen LogP contribution in [0.15, 0.2) is 24.3 Å². The van der Waals surface area contributed by atoms with Crippen LogP contribution in [0.1, 0.15) is 37.7 Å². The molecule has 0 aliphatic heterocycles. The molecule has 2 N–H and O–H groups in total. The molecule has 1 aromatic carbocycles. The molecular weight excluding hydrogens is 340 g/mol. The number of ether oxygens (including phenoxy) is 2. The van der Waals surface area contributed by atoms with Gasteiger partial charge in [-0.05, 0) is 30.5 Å².